The van der Waals surface area contributed by atoms with E-state index in [1.165, 1.54) is 23.1 Å². The van der Waals surface area contributed by atoms with Crippen LogP contribution in [0.15, 0.2) is 104 Å². The number of anilines is 1. The molecule has 7 heteroatoms. The molecule has 180 valence electrons. The molecule has 0 aliphatic rings. The number of nitrogens with one attached hydrogen (secondary N) is 2. The smallest absolute Gasteiger partial charge is 0.180 e. The monoisotopic (exact) mass is 486 g/mol. The standard InChI is InChI=1S/C30H23FN6/c31-24-10-8-20(9-11-24)22-15-23(18-32-17-22)28-16-29(37-30(36-28)27-7-3-4-13-33-27)34-14-12-21-19-35-26-6-2-1-5-25(21)26/h1-11,13,15-19,35H,12,14H2,(H,34,36,37). The zero-order chi connectivity index (χ0) is 25.0. The number of rotatable bonds is 7. The third-order valence-electron chi connectivity index (χ3n) is 6.21. The second kappa shape index (κ2) is 9.99. The largest absolute Gasteiger partial charge is 0.370 e. The van der Waals surface area contributed by atoms with Crippen LogP contribution < -0.4 is 5.32 Å². The highest BCUT2D eigenvalue weighted by Gasteiger charge is 2.12. The molecule has 0 saturated heterocycles. The van der Waals surface area contributed by atoms with Crippen LogP contribution in [-0.2, 0) is 6.42 Å². The van der Waals surface area contributed by atoms with Crippen LogP contribution in [0.1, 0.15) is 5.56 Å². The molecule has 0 fully saturated rings. The maximum atomic E-state index is 13.4. The predicted octanol–water partition coefficient (Wildman–Crippen LogP) is 6.54. The van der Waals surface area contributed by atoms with Crippen molar-refractivity contribution in [3.63, 3.8) is 0 Å². The summed E-state index contributed by atoms with van der Waals surface area (Å²) >= 11 is 0. The SMILES string of the molecule is Fc1ccc(-c2cncc(-c3cc(NCCc4c[nH]c5ccccc45)nc(-c4ccccn4)n3)c2)cc1. The van der Waals surface area contributed by atoms with E-state index in [2.05, 4.69) is 44.7 Å². The summed E-state index contributed by atoms with van der Waals surface area (Å²) < 4.78 is 13.4. The van der Waals surface area contributed by atoms with E-state index >= 15 is 0 Å². The number of halogens is 1. The van der Waals surface area contributed by atoms with E-state index in [0.29, 0.717) is 23.9 Å². The Morgan fingerprint density at radius 3 is 2.49 bits per heavy atom. The summed E-state index contributed by atoms with van der Waals surface area (Å²) in [6.45, 7) is 0.702. The van der Waals surface area contributed by atoms with Crippen LogP contribution >= 0.6 is 0 Å². The first kappa shape index (κ1) is 22.5. The molecule has 0 bridgehead atoms. The zero-order valence-electron chi connectivity index (χ0n) is 19.9. The van der Waals surface area contributed by atoms with Crippen LogP contribution in [0.5, 0.6) is 0 Å². The number of fused-ring (bicyclic) bond motifs is 1. The van der Waals surface area contributed by atoms with Gasteiger partial charge >= 0.3 is 0 Å². The van der Waals surface area contributed by atoms with Gasteiger partial charge in [-0.25, -0.2) is 14.4 Å². The van der Waals surface area contributed by atoms with Crippen LogP contribution in [0.4, 0.5) is 10.2 Å². The number of hydrogen-bond donors (Lipinski definition) is 2. The van der Waals surface area contributed by atoms with E-state index in [0.717, 1.165) is 34.3 Å². The summed E-state index contributed by atoms with van der Waals surface area (Å²) in [5, 5.41) is 4.69. The molecular weight excluding hydrogens is 463 g/mol. The molecule has 37 heavy (non-hydrogen) atoms. The molecule has 4 aromatic heterocycles. The molecule has 0 saturated carbocycles. The summed E-state index contributed by atoms with van der Waals surface area (Å²) in [4.78, 5) is 21.7. The van der Waals surface area contributed by atoms with Crippen molar-refractivity contribution in [3.05, 3.63) is 115 Å². The van der Waals surface area contributed by atoms with E-state index in [1.807, 2.05) is 36.4 Å². The summed E-state index contributed by atoms with van der Waals surface area (Å²) in [7, 11) is 0. The van der Waals surface area contributed by atoms with Gasteiger partial charge in [-0.15, -0.1) is 0 Å². The van der Waals surface area contributed by atoms with Crippen LogP contribution in [0.3, 0.4) is 0 Å². The number of aromatic amines is 1. The number of H-pyrrole nitrogens is 1. The molecule has 2 N–H and O–H groups in total. The molecule has 2 aromatic carbocycles. The minimum atomic E-state index is -0.271. The summed E-state index contributed by atoms with van der Waals surface area (Å²) in [6, 6.07) is 24.3. The molecule has 6 nitrogen and oxygen atoms in total. The van der Waals surface area contributed by atoms with Crippen LogP contribution in [0.2, 0.25) is 0 Å². The predicted molar refractivity (Wildman–Crippen MR) is 144 cm³/mol. The molecule has 4 heterocycles. The van der Waals surface area contributed by atoms with Crippen molar-refractivity contribution in [3.8, 4) is 33.9 Å². The Morgan fingerprint density at radius 1 is 0.784 bits per heavy atom. The Labute approximate surface area is 213 Å². The first-order valence-electron chi connectivity index (χ1n) is 12.0. The molecular formula is C30H23FN6. The third-order valence-corrected chi connectivity index (χ3v) is 6.21. The lowest BCUT2D eigenvalue weighted by Gasteiger charge is -2.11. The summed E-state index contributed by atoms with van der Waals surface area (Å²) in [5.74, 6) is 0.963. The number of aromatic nitrogens is 5. The second-order valence-corrected chi connectivity index (χ2v) is 8.68. The Kier molecular flexibility index (Phi) is 6.09. The Bertz CT molecular complexity index is 1660. The van der Waals surface area contributed by atoms with Crippen molar-refractivity contribution in [2.24, 2.45) is 0 Å². The van der Waals surface area contributed by atoms with Crippen LogP contribution in [0.25, 0.3) is 44.8 Å². The first-order chi connectivity index (χ1) is 18.2. The van der Waals surface area contributed by atoms with Crippen molar-refractivity contribution in [2.75, 3.05) is 11.9 Å². The van der Waals surface area contributed by atoms with Crippen molar-refractivity contribution in [1.82, 2.24) is 24.9 Å². The molecule has 0 aliphatic carbocycles. The Hall–Kier alpha value is -4.91. The topological polar surface area (TPSA) is 79.4 Å². The zero-order valence-corrected chi connectivity index (χ0v) is 19.9. The quantitative estimate of drug-likeness (QED) is 0.268. The average molecular weight is 487 g/mol. The number of para-hydroxylation sites is 1. The molecule has 0 aliphatic heterocycles. The molecule has 6 rings (SSSR count). The van der Waals surface area contributed by atoms with Gasteiger partial charge in [0.15, 0.2) is 5.82 Å². The molecule has 0 atom stereocenters. The van der Waals surface area contributed by atoms with Gasteiger partial charge in [0.2, 0.25) is 0 Å². The van der Waals surface area contributed by atoms with E-state index in [-0.39, 0.29) is 5.82 Å². The van der Waals surface area contributed by atoms with Crippen LogP contribution in [-0.4, -0.2) is 31.5 Å². The summed E-state index contributed by atoms with van der Waals surface area (Å²) in [6.07, 6.45) is 8.16. The molecule has 0 amide bonds. The van der Waals surface area contributed by atoms with Crippen molar-refractivity contribution in [1.29, 1.82) is 0 Å². The number of pyridine rings is 2. The maximum Gasteiger partial charge on any atom is 0.180 e. The van der Waals surface area contributed by atoms with Crippen molar-refractivity contribution in [2.45, 2.75) is 6.42 Å². The number of nitrogens with zero attached hydrogens (tertiary/aromatic N) is 4. The highest BCUT2D eigenvalue weighted by Crippen LogP contribution is 2.27. The number of hydrogen-bond acceptors (Lipinski definition) is 5. The molecule has 0 spiro atoms. The maximum absolute atomic E-state index is 13.4. The van der Waals surface area contributed by atoms with E-state index < -0.39 is 0 Å². The highest BCUT2D eigenvalue weighted by atomic mass is 19.1. The van der Waals surface area contributed by atoms with Gasteiger partial charge in [0, 0.05) is 59.4 Å². The van der Waals surface area contributed by atoms with Gasteiger partial charge in [-0.2, -0.15) is 0 Å². The van der Waals surface area contributed by atoms with Crippen molar-refractivity contribution < 1.29 is 4.39 Å². The van der Waals surface area contributed by atoms with Gasteiger partial charge in [-0.1, -0.05) is 36.4 Å². The second-order valence-electron chi connectivity index (χ2n) is 8.68. The fourth-order valence-electron chi connectivity index (χ4n) is 4.34. The van der Waals surface area contributed by atoms with Gasteiger partial charge in [0.25, 0.3) is 0 Å². The van der Waals surface area contributed by atoms with Gasteiger partial charge < -0.3 is 10.3 Å². The lowest BCUT2D eigenvalue weighted by atomic mass is 10.0. The fraction of sp³-hybridized carbons (Fsp3) is 0.0667. The lowest BCUT2D eigenvalue weighted by Crippen LogP contribution is -2.08. The minimum Gasteiger partial charge on any atom is -0.370 e. The fourth-order valence-corrected chi connectivity index (χ4v) is 4.34. The Morgan fingerprint density at radius 2 is 1.62 bits per heavy atom. The van der Waals surface area contributed by atoms with Gasteiger partial charge in [0.1, 0.15) is 17.3 Å². The van der Waals surface area contributed by atoms with Crippen LogP contribution in [0, 0.1) is 5.82 Å². The minimum absolute atomic E-state index is 0.271. The lowest BCUT2D eigenvalue weighted by molar-refractivity contribution is 0.628. The van der Waals surface area contributed by atoms with E-state index in [1.54, 1.807) is 30.7 Å². The van der Waals surface area contributed by atoms with Gasteiger partial charge in [0.05, 0.1) is 5.69 Å². The number of benzene rings is 2. The third kappa shape index (κ3) is 4.92. The van der Waals surface area contributed by atoms with E-state index in [4.69, 9.17) is 9.97 Å². The molecule has 0 unspecified atom stereocenters. The molecule has 0 radical (unpaired) electrons. The molecule has 6 aromatic rings. The van der Waals surface area contributed by atoms with Gasteiger partial charge in [-0.05, 0) is 53.9 Å². The highest BCUT2D eigenvalue weighted by molar-refractivity contribution is 5.83. The van der Waals surface area contributed by atoms with Crippen molar-refractivity contribution >= 4 is 16.7 Å². The first-order valence-corrected chi connectivity index (χ1v) is 12.0. The Balaban J connectivity index is 1.32. The van der Waals surface area contributed by atoms with E-state index in [9.17, 15) is 4.39 Å². The summed E-state index contributed by atoms with van der Waals surface area (Å²) in [5.41, 5.74) is 6.39. The normalized spacial score (nSPS) is 11.1. The average Bonchev–Trinajstić information content (AvgIpc) is 3.37. The van der Waals surface area contributed by atoms with Gasteiger partial charge in [-0.3, -0.25) is 9.97 Å².